The van der Waals surface area contributed by atoms with Crippen molar-refractivity contribution in [2.24, 2.45) is 0 Å². The third-order valence-corrected chi connectivity index (χ3v) is 1.99. The first-order valence-corrected chi connectivity index (χ1v) is 4.79. The van der Waals surface area contributed by atoms with Crippen LogP contribution in [0.4, 0.5) is 0 Å². The van der Waals surface area contributed by atoms with Crippen molar-refractivity contribution in [1.29, 1.82) is 0 Å². The number of hydrogen-bond acceptors (Lipinski definition) is 4. The van der Waals surface area contributed by atoms with E-state index >= 15 is 0 Å². The molecule has 1 rings (SSSR count). The van der Waals surface area contributed by atoms with Crippen LogP contribution in [0.1, 0.15) is 24.8 Å². The first-order chi connectivity index (χ1) is 7.29. The van der Waals surface area contributed by atoms with Crippen molar-refractivity contribution in [2.75, 3.05) is 6.61 Å². The maximum atomic E-state index is 11.5. The van der Waals surface area contributed by atoms with Gasteiger partial charge in [0.2, 0.25) is 0 Å². The lowest BCUT2D eigenvalue weighted by Crippen LogP contribution is -2.16. The second-order valence-electron chi connectivity index (χ2n) is 2.99. The van der Waals surface area contributed by atoms with Crippen molar-refractivity contribution in [3.8, 4) is 0 Å². The van der Waals surface area contributed by atoms with E-state index in [2.05, 4.69) is 4.98 Å². The van der Waals surface area contributed by atoms with E-state index in [0.717, 1.165) is 0 Å². The maximum Gasteiger partial charge on any atom is 0.313 e. The fraction of sp³-hybridized carbons (Fsp3) is 0.364. The van der Waals surface area contributed by atoms with Gasteiger partial charge in [0, 0.05) is 18.8 Å². The van der Waals surface area contributed by atoms with Crippen molar-refractivity contribution >= 4 is 12.3 Å². The molecule has 4 heteroatoms. The molecule has 4 nitrogen and oxygen atoms in total. The van der Waals surface area contributed by atoms with E-state index in [1.54, 1.807) is 31.5 Å². The molecule has 0 spiro atoms. The first kappa shape index (κ1) is 11.4. The zero-order valence-corrected chi connectivity index (χ0v) is 8.55. The van der Waals surface area contributed by atoms with Gasteiger partial charge in [-0.2, -0.15) is 0 Å². The normalized spacial score (nSPS) is 11.8. The number of esters is 1. The number of aldehydes is 1. The summed E-state index contributed by atoms with van der Waals surface area (Å²) in [6.45, 7) is 2.05. The molecular formula is C11H13NO3. The molecule has 80 valence electrons. The van der Waals surface area contributed by atoms with Crippen molar-refractivity contribution in [3.05, 3.63) is 30.1 Å². The molecule has 0 amide bonds. The van der Waals surface area contributed by atoms with Gasteiger partial charge in [-0.1, -0.05) is 6.07 Å². The standard InChI is InChI=1S/C11H13NO3/c1-2-15-11(14)10(5-7-13)9-4-3-6-12-8-9/h3-4,6-8,10H,2,5H2,1H3. The molecule has 0 radical (unpaired) electrons. The summed E-state index contributed by atoms with van der Waals surface area (Å²) in [5.41, 5.74) is 0.711. The van der Waals surface area contributed by atoms with Gasteiger partial charge in [0.1, 0.15) is 6.29 Å². The van der Waals surface area contributed by atoms with Crippen LogP contribution in [0.3, 0.4) is 0 Å². The highest BCUT2D eigenvalue weighted by Crippen LogP contribution is 2.19. The van der Waals surface area contributed by atoms with E-state index in [1.165, 1.54) is 0 Å². The number of hydrogen-bond donors (Lipinski definition) is 0. The Labute approximate surface area is 88.3 Å². The first-order valence-electron chi connectivity index (χ1n) is 4.79. The molecule has 0 N–H and O–H groups in total. The zero-order valence-electron chi connectivity index (χ0n) is 8.55. The number of carbonyl (C=O) groups excluding carboxylic acids is 2. The minimum absolute atomic E-state index is 0.129. The average Bonchev–Trinajstić information content (AvgIpc) is 2.27. The van der Waals surface area contributed by atoms with Gasteiger partial charge in [-0.15, -0.1) is 0 Å². The summed E-state index contributed by atoms with van der Waals surface area (Å²) in [5.74, 6) is -0.909. The van der Waals surface area contributed by atoms with Crippen molar-refractivity contribution in [3.63, 3.8) is 0 Å². The van der Waals surface area contributed by atoms with E-state index in [4.69, 9.17) is 4.74 Å². The highest BCUT2D eigenvalue weighted by Gasteiger charge is 2.21. The maximum absolute atomic E-state index is 11.5. The van der Waals surface area contributed by atoms with Crippen molar-refractivity contribution in [2.45, 2.75) is 19.3 Å². The number of carbonyl (C=O) groups is 2. The second-order valence-corrected chi connectivity index (χ2v) is 2.99. The molecule has 0 bridgehead atoms. The Kier molecular flexibility index (Phi) is 4.47. The summed E-state index contributed by atoms with van der Waals surface area (Å²) in [6.07, 6.45) is 4.04. The van der Waals surface area contributed by atoms with Gasteiger partial charge in [0.15, 0.2) is 0 Å². The molecule has 1 unspecified atom stereocenters. The topological polar surface area (TPSA) is 56.3 Å². The van der Waals surface area contributed by atoms with Gasteiger partial charge in [-0.05, 0) is 18.6 Å². The van der Waals surface area contributed by atoms with Gasteiger partial charge in [-0.3, -0.25) is 9.78 Å². The molecule has 15 heavy (non-hydrogen) atoms. The van der Waals surface area contributed by atoms with Crippen LogP contribution in [-0.2, 0) is 14.3 Å². The molecule has 0 saturated heterocycles. The van der Waals surface area contributed by atoms with Gasteiger partial charge in [0.25, 0.3) is 0 Å². The molecule has 1 aromatic rings. The Bertz CT molecular complexity index is 324. The van der Waals surface area contributed by atoms with Crippen LogP contribution in [0, 0.1) is 0 Å². The van der Waals surface area contributed by atoms with Crippen LogP contribution in [0.25, 0.3) is 0 Å². The van der Waals surface area contributed by atoms with E-state index in [9.17, 15) is 9.59 Å². The summed E-state index contributed by atoms with van der Waals surface area (Å²) < 4.78 is 4.89. The summed E-state index contributed by atoms with van der Waals surface area (Å²) in [6, 6.07) is 3.49. The Morgan fingerprint density at radius 3 is 3.00 bits per heavy atom. The van der Waals surface area contributed by atoms with Crippen LogP contribution < -0.4 is 0 Å². The zero-order chi connectivity index (χ0) is 11.1. The SMILES string of the molecule is CCOC(=O)C(CC=O)c1cccnc1. The van der Waals surface area contributed by atoms with Crippen LogP contribution in [0.2, 0.25) is 0 Å². The molecular weight excluding hydrogens is 194 g/mol. The predicted octanol–water partition coefficient (Wildman–Crippen LogP) is 1.32. The largest absolute Gasteiger partial charge is 0.466 e. The molecule has 0 aliphatic heterocycles. The third-order valence-electron chi connectivity index (χ3n) is 1.99. The van der Waals surface area contributed by atoms with Gasteiger partial charge >= 0.3 is 5.97 Å². The van der Waals surface area contributed by atoms with E-state index in [1.807, 2.05) is 0 Å². The number of nitrogens with zero attached hydrogens (tertiary/aromatic N) is 1. The monoisotopic (exact) mass is 207 g/mol. The molecule has 0 aliphatic rings. The Morgan fingerprint density at radius 1 is 1.67 bits per heavy atom. The lowest BCUT2D eigenvalue weighted by atomic mass is 9.98. The molecule has 1 aromatic heterocycles. The lowest BCUT2D eigenvalue weighted by Gasteiger charge is -2.12. The minimum atomic E-state index is -0.531. The molecule has 0 aromatic carbocycles. The van der Waals surface area contributed by atoms with E-state index in [-0.39, 0.29) is 12.4 Å². The third kappa shape index (κ3) is 3.16. The smallest absolute Gasteiger partial charge is 0.313 e. The van der Waals surface area contributed by atoms with E-state index < -0.39 is 5.92 Å². The molecule has 0 saturated carbocycles. The van der Waals surface area contributed by atoms with Crippen LogP contribution >= 0.6 is 0 Å². The summed E-state index contributed by atoms with van der Waals surface area (Å²) in [7, 11) is 0. The van der Waals surface area contributed by atoms with Crippen molar-refractivity contribution < 1.29 is 14.3 Å². The van der Waals surface area contributed by atoms with E-state index in [0.29, 0.717) is 18.5 Å². The van der Waals surface area contributed by atoms with Gasteiger partial charge in [0.05, 0.1) is 12.5 Å². The molecule has 0 fully saturated rings. The molecule has 1 heterocycles. The number of pyridine rings is 1. The minimum Gasteiger partial charge on any atom is -0.466 e. The number of ether oxygens (including phenoxy) is 1. The highest BCUT2D eigenvalue weighted by molar-refractivity contribution is 5.80. The second kappa shape index (κ2) is 5.90. The van der Waals surface area contributed by atoms with Crippen LogP contribution in [0.15, 0.2) is 24.5 Å². The molecule has 1 atom stereocenters. The predicted molar refractivity (Wildman–Crippen MR) is 54.3 cm³/mol. The van der Waals surface area contributed by atoms with Crippen LogP contribution in [0.5, 0.6) is 0 Å². The fourth-order valence-corrected chi connectivity index (χ4v) is 1.29. The highest BCUT2D eigenvalue weighted by atomic mass is 16.5. The summed E-state index contributed by atoms with van der Waals surface area (Å²) >= 11 is 0. The van der Waals surface area contributed by atoms with Gasteiger partial charge in [-0.25, -0.2) is 0 Å². The van der Waals surface area contributed by atoms with Crippen molar-refractivity contribution in [1.82, 2.24) is 4.98 Å². The summed E-state index contributed by atoms with van der Waals surface area (Å²) in [4.78, 5) is 25.9. The quantitative estimate of drug-likeness (QED) is 0.539. The average molecular weight is 207 g/mol. The molecule has 0 aliphatic carbocycles. The summed E-state index contributed by atoms with van der Waals surface area (Å²) in [5, 5.41) is 0. The lowest BCUT2D eigenvalue weighted by molar-refractivity contribution is -0.145. The fourth-order valence-electron chi connectivity index (χ4n) is 1.29. The Balaban J connectivity index is 2.82. The number of rotatable bonds is 5. The number of aromatic nitrogens is 1. The van der Waals surface area contributed by atoms with Crippen LogP contribution in [-0.4, -0.2) is 23.8 Å². The van der Waals surface area contributed by atoms with Gasteiger partial charge < -0.3 is 9.53 Å². The Hall–Kier alpha value is -1.71. The Morgan fingerprint density at radius 2 is 2.47 bits per heavy atom.